The Morgan fingerprint density at radius 1 is 1.35 bits per heavy atom. The highest BCUT2D eigenvalue weighted by atomic mass is 16.3. The summed E-state index contributed by atoms with van der Waals surface area (Å²) in [6, 6.07) is 10.6. The average molecular weight is 224 g/mol. The zero-order valence-electron chi connectivity index (χ0n) is 9.10. The van der Waals surface area contributed by atoms with E-state index < -0.39 is 0 Å². The number of benzene rings is 1. The van der Waals surface area contributed by atoms with Crippen LogP contribution in [0.5, 0.6) is 0 Å². The zero-order chi connectivity index (χ0) is 12.0. The van der Waals surface area contributed by atoms with E-state index in [1.807, 2.05) is 37.4 Å². The highest BCUT2D eigenvalue weighted by Crippen LogP contribution is 2.26. The van der Waals surface area contributed by atoms with E-state index in [1.165, 1.54) is 6.07 Å². The first kappa shape index (κ1) is 9.67. The molecule has 17 heavy (non-hydrogen) atoms. The third kappa shape index (κ3) is 1.20. The first-order valence-corrected chi connectivity index (χ1v) is 5.14. The van der Waals surface area contributed by atoms with Gasteiger partial charge in [-0.25, -0.2) is 0 Å². The highest BCUT2D eigenvalue weighted by Gasteiger charge is 2.13. The maximum absolute atomic E-state index is 11.9. The fraction of sp³-hybridized carbons (Fsp3) is 0.0769. The molecule has 0 unspecified atom stereocenters. The van der Waals surface area contributed by atoms with Crippen LogP contribution in [0.1, 0.15) is 5.76 Å². The predicted octanol–water partition coefficient (Wildman–Crippen LogP) is 2.16. The summed E-state index contributed by atoms with van der Waals surface area (Å²) in [5, 5.41) is 9.66. The summed E-state index contributed by atoms with van der Waals surface area (Å²) in [5.74, 6) is 0.0406. The van der Waals surface area contributed by atoms with Crippen molar-refractivity contribution in [3.63, 3.8) is 0 Å². The van der Waals surface area contributed by atoms with E-state index in [4.69, 9.17) is 9.68 Å². The molecule has 2 aromatic heterocycles. The molecule has 0 atom stereocenters. The fourth-order valence-corrected chi connectivity index (χ4v) is 2.12. The second-order valence-electron chi connectivity index (χ2n) is 3.84. The summed E-state index contributed by atoms with van der Waals surface area (Å²) in [7, 11) is 1.81. The highest BCUT2D eigenvalue weighted by molar-refractivity contribution is 6.04. The van der Waals surface area contributed by atoms with Crippen molar-refractivity contribution in [2.45, 2.75) is 0 Å². The minimum absolute atomic E-state index is 0.0406. The van der Waals surface area contributed by atoms with Gasteiger partial charge in [-0.1, -0.05) is 12.1 Å². The third-order valence-electron chi connectivity index (χ3n) is 2.88. The number of hydrogen-bond acceptors (Lipinski definition) is 3. The fourth-order valence-electron chi connectivity index (χ4n) is 2.12. The SMILES string of the molecule is Cn1c2ccccc2c2oc(C#N)cc(=O)c21. The van der Waals surface area contributed by atoms with Gasteiger partial charge < -0.3 is 8.98 Å². The molecule has 0 bridgehead atoms. The molecule has 0 aliphatic rings. The average Bonchev–Trinajstić information content (AvgIpc) is 2.64. The van der Waals surface area contributed by atoms with Crippen LogP contribution in [0, 0.1) is 11.3 Å². The molecule has 4 nitrogen and oxygen atoms in total. The molecule has 0 aliphatic carbocycles. The number of aryl methyl sites for hydroxylation is 1. The molecule has 0 saturated heterocycles. The molecule has 0 N–H and O–H groups in total. The van der Waals surface area contributed by atoms with E-state index in [0.29, 0.717) is 11.1 Å². The number of fused-ring (bicyclic) bond motifs is 3. The quantitative estimate of drug-likeness (QED) is 0.587. The van der Waals surface area contributed by atoms with Gasteiger partial charge in [-0.2, -0.15) is 5.26 Å². The molecule has 4 heteroatoms. The summed E-state index contributed by atoms with van der Waals surface area (Å²) in [5.41, 5.74) is 1.69. The standard InChI is InChI=1S/C13H8N2O2/c1-15-10-5-3-2-4-9(10)13-12(15)11(16)6-8(7-14)17-13/h2-6H,1H3. The number of rotatable bonds is 0. The summed E-state index contributed by atoms with van der Waals surface area (Å²) in [4.78, 5) is 11.9. The summed E-state index contributed by atoms with van der Waals surface area (Å²) in [6.45, 7) is 0. The number of aromatic nitrogens is 1. The first-order valence-electron chi connectivity index (χ1n) is 5.14. The molecule has 3 aromatic rings. The van der Waals surface area contributed by atoms with Gasteiger partial charge in [0, 0.05) is 18.5 Å². The molecule has 0 radical (unpaired) electrons. The van der Waals surface area contributed by atoms with Crippen LogP contribution in [0.3, 0.4) is 0 Å². The monoisotopic (exact) mass is 224 g/mol. The maximum Gasteiger partial charge on any atom is 0.210 e. The topological polar surface area (TPSA) is 58.9 Å². The molecule has 0 fully saturated rings. The van der Waals surface area contributed by atoms with Crippen LogP contribution >= 0.6 is 0 Å². The Bertz CT molecular complexity index is 834. The van der Waals surface area contributed by atoms with Crippen LogP contribution in [-0.4, -0.2) is 4.57 Å². The molecule has 0 amide bonds. The Morgan fingerprint density at radius 2 is 2.12 bits per heavy atom. The minimum atomic E-state index is -0.193. The first-order chi connectivity index (χ1) is 8.22. The predicted molar refractivity (Wildman–Crippen MR) is 63.7 cm³/mol. The van der Waals surface area contributed by atoms with Gasteiger partial charge in [0.25, 0.3) is 0 Å². The number of nitrogens with zero attached hydrogens (tertiary/aromatic N) is 2. The van der Waals surface area contributed by atoms with Gasteiger partial charge in [0.15, 0.2) is 5.58 Å². The Balaban J connectivity index is 2.68. The smallest absolute Gasteiger partial charge is 0.210 e. The van der Waals surface area contributed by atoms with E-state index in [9.17, 15) is 4.79 Å². The van der Waals surface area contributed by atoms with Crippen molar-refractivity contribution in [2.24, 2.45) is 7.05 Å². The molecule has 2 heterocycles. The number of para-hydroxylation sites is 1. The van der Waals surface area contributed by atoms with E-state index in [-0.39, 0.29) is 11.2 Å². The number of nitriles is 1. The van der Waals surface area contributed by atoms with Gasteiger partial charge in [-0.3, -0.25) is 4.79 Å². The molecule has 82 valence electrons. The van der Waals surface area contributed by atoms with Crippen molar-refractivity contribution in [1.82, 2.24) is 4.57 Å². The molecule has 1 aromatic carbocycles. The van der Waals surface area contributed by atoms with Crippen LogP contribution in [-0.2, 0) is 7.05 Å². The lowest BCUT2D eigenvalue weighted by atomic mass is 10.2. The summed E-state index contributed by atoms with van der Waals surface area (Å²) < 4.78 is 7.23. The van der Waals surface area contributed by atoms with Crippen LogP contribution in [0.15, 0.2) is 39.5 Å². The van der Waals surface area contributed by atoms with Gasteiger partial charge in [-0.05, 0) is 12.1 Å². The van der Waals surface area contributed by atoms with E-state index in [0.717, 1.165) is 10.9 Å². The van der Waals surface area contributed by atoms with Gasteiger partial charge >= 0.3 is 0 Å². The normalized spacial score (nSPS) is 10.8. The molecular weight excluding hydrogens is 216 g/mol. The third-order valence-corrected chi connectivity index (χ3v) is 2.88. The minimum Gasteiger partial charge on any atom is -0.443 e. The molecule has 0 aliphatic heterocycles. The maximum atomic E-state index is 11.9. The molecular formula is C13H8N2O2. The second kappa shape index (κ2) is 3.22. The largest absolute Gasteiger partial charge is 0.443 e. The van der Waals surface area contributed by atoms with Crippen molar-refractivity contribution < 1.29 is 4.42 Å². The Hall–Kier alpha value is -2.54. The van der Waals surface area contributed by atoms with Gasteiger partial charge in [0.2, 0.25) is 11.2 Å². The van der Waals surface area contributed by atoms with Crippen LogP contribution in [0.4, 0.5) is 0 Å². The molecule has 0 saturated carbocycles. The lowest BCUT2D eigenvalue weighted by Crippen LogP contribution is -2.04. The van der Waals surface area contributed by atoms with E-state index >= 15 is 0 Å². The Labute approximate surface area is 96.3 Å². The van der Waals surface area contributed by atoms with Crippen molar-refractivity contribution in [3.05, 3.63) is 46.3 Å². The number of hydrogen-bond donors (Lipinski definition) is 0. The van der Waals surface area contributed by atoms with Gasteiger partial charge in [0.05, 0.1) is 5.52 Å². The van der Waals surface area contributed by atoms with Gasteiger partial charge in [0.1, 0.15) is 11.6 Å². The Kier molecular flexibility index (Phi) is 1.83. The summed E-state index contributed by atoms with van der Waals surface area (Å²) >= 11 is 0. The van der Waals surface area contributed by atoms with Crippen molar-refractivity contribution in [2.75, 3.05) is 0 Å². The van der Waals surface area contributed by atoms with Crippen LogP contribution in [0.2, 0.25) is 0 Å². The van der Waals surface area contributed by atoms with E-state index in [2.05, 4.69) is 0 Å². The summed E-state index contributed by atoms with van der Waals surface area (Å²) in [6.07, 6.45) is 0. The molecule has 0 spiro atoms. The Morgan fingerprint density at radius 3 is 2.88 bits per heavy atom. The van der Waals surface area contributed by atoms with Crippen molar-refractivity contribution >= 4 is 22.0 Å². The van der Waals surface area contributed by atoms with Crippen molar-refractivity contribution in [1.29, 1.82) is 5.26 Å². The zero-order valence-corrected chi connectivity index (χ0v) is 9.10. The van der Waals surface area contributed by atoms with E-state index in [1.54, 1.807) is 4.57 Å². The van der Waals surface area contributed by atoms with Gasteiger partial charge in [-0.15, -0.1) is 0 Å². The molecule has 3 rings (SSSR count). The van der Waals surface area contributed by atoms with Crippen LogP contribution in [0.25, 0.3) is 22.0 Å². The lowest BCUT2D eigenvalue weighted by molar-refractivity contribution is 0.588. The van der Waals surface area contributed by atoms with Crippen LogP contribution < -0.4 is 5.43 Å². The van der Waals surface area contributed by atoms with Crippen molar-refractivity contribution in [3.8, 4) is 6.07 Å². The lowest BCUT2D eigenvalue weighted by Gasteiger charge is -1.95. The second-order valence-corrected chi connectivity index (χ2v) is 3.84.